The molecular weight excluding hydrogens is 452 g/mol. The van der Waals surface area contributed by atoms with E-state index in [1.54, 1.807) is 0 Å². The topological polar surface area (TPSA) is 123 Å². The predicted octanol–water partition coefficient (Wildman–Crippen LogP) is 3.33. The van der Waals surface area contributed by atoms with Crippen molar-refractivity contribution in [3.05, 3.63) is 59.7 Å². The van der Waals surface area contributed by atoms with Gasteiger partial charge in [-0.3, -0.25) is 9.63 Å². The molecule has 9 nitrogen and oxygen atoms in total. The lowest BCUT2D eigenvalue weighted by Crippen LogP contribution is -2.43. The van der Waals surface area contributed by atoms with Crippen LogP contribution in [0.3, 0.4) is 0 Å². The number of alkyl carbamates (subject to hydrolysis) is 1. The van der Waals surface area contributed by atoms with Gasteiger partial charge in [0.1, 0.15) is 6.61 Å². The summed E-state index contributed by atoms with van der Waals surface area (Å²) in [5.41, 5.74) is 6.68. The Labute approximate surface area is 204 Å². The number of hydroxylamine groups is 1. The van der Waals surface area contributed by atoms with Crippen molar-refractivity contribution in [3.63, 3.8) is 0 Å². The summed E-state index contributed by atoms with van der Waals surface area (Å²) < 4.78 is 10.3. The van der Waals surface area contributed by atoms with Crippen LogP contribution in [0.25, 0.3) is 11.1 Å². The Balaban J connectivity index is 1.55. The zero-order valence-electron chi connectivity index (χ0n) is 20.2. The fourth-order valence-electron chi connectivity index (χ4n) is 4.23. The van der Waals surface area contributed by atoms with Crippen LogP contribution in [-0.2, 0) is 23.9 Å². The van der Waals surface area contributed by atoms with Gasteiger partial charge in [-0.15, -0.1) is 0 Å². The third kappa shape index (κ3) is 6.80. The van der Waals surface area contributed by atoms with Gasteiger partial charge in [0.15, 0.2) is 0 Å². The maximum atomic E-state index is 12.6. The molecule has 9 heteroatoms. The number of nitrogens with one attached hydrogen (secondary N) is 2. The van der Waals surface area contributed by atoms with Gasteiger partial charge in [-0.05, 0) is 34.6 Å². The number of benzene rings is 2. The van der Waals surface area contributed by atoms with E-state index in [1.807, 2.05) is 50.2 Å². The number of methoxy groups -OCH3 is 1. The van der Waals surface area contributed by atoms with E-state index >= 15 is 0 Å². The number of hydrogen-bond acceptors (Lipinski definition) is 6. The second-order valence-corrected chi connectivity index (χ2v) is 8.90. The standard InChI is InChI=1S/C26H32N2O7/c1-16(2)12-17(24(29)28-35-23(15-33-3)25(30)31)13-27-26(32)34-14-22-20-10-6-4-8-18(20)19-9-5-7-11-21(19)22/h4-11,16-17,22-23H,12-15H2,1-3H3,(H,27,32)(H,28,29)(H,30,31). The minimum absolute atomic E-state index is 0.0199. The molecule has 0 fully saturated rings. The molecule has 188 valence electrons. The molecule has 2 amide bonds. The van der Waals surface area contributed by atoms with Crippen molar-refractivity contribution in [2.24, 2.45) is 11.8 Å². The first-order chi connectivity index (χ1) is 16.8. The fourth-order valence-corrected chi connectivity index (χ4v) is 4.23. The lowest BCUT2D eigenvalue weighted by molar-refractivity contribution is -0.166. The van der Waals surface area contributed by atoms with E-state index in [2.05, 4.69) is 22.9 Å². The summed E-state index contributed by atoms with van der Waals surface area (Å²) in [4.78, 5) is 41.2. The molecule has 1 aliphatic carbocycles. The Morgan fingerprint density at radius 3 is 2.14 bits per heavy atom. The molecule has 0 saturated carbocycles. The van der Waals surface area contributed by atoms with Crippen LogP contribution < -0.4 is 10.8 Å². The summed E-state index contributed by atoms with van der Waals surface area (Å²) in [6.45, 7) is 3.86. The van der Waals surface area contributed by atoms with Crippen LogP contribution >= 0.6 is 0 Å². The monoisotopic (exact) mass is 484 g/mol. The Morgan fingerprint density at radius 2 is 1.60 bits per heavy atom. The van der Waals surface area contributed by atoms with Gasteiger partial charge in [-0.25, -0.2) is 15.1 Å². The highest BCUT2D eigenvalue weighted by molar-refractivity contribution is 5.80. The number of carbonyl (C=O) groups excluding carboxylic acids is 2. The van der Waals surface area contributed by atoms with E-state index in [1.165, 1.54) is 7.11 Å². The fraction of sp³-hybridized carbons (Fsp3) is 0.423. The first kappa shape index (κ1) is 26.2. The van der Waals surface area contributed by atoms with Crippen LogP contribution in [0.15, 0.2) is 48.5 Å². The molecule has 0 radical (unpaired) electrons. The lowest BCUT2D eigenvalue weighted by atomic mass is 9.96. The molecule has 0 bridgehead atoms. The number of fused-ring (bicyclic) bond motifs is 3. The van der Waals surface area contributed by atoms with Gasteiger partial charge in [0, 0.05) is 19.6 Å². The van der Waals surface area contributed by atoms with Crippen molar-refractivity contribution >= 4 is 18.0 Å². The summed E-state index contributed by atoms with van der Waals surface area (Å²) in [7, 11) is 1.33. The van der Waals surface area contributed by atoms with Gasteiger partial charge in [-0.1, -0.05) is 62.4 Å². The van der Waals surface area contributed by atoms with Crippen LogP contribution in [0.1, 0.15) is 37.3 Å². The van der Waals surface area contributed by atoms with Crippen molar-refractivity contribution < 1.29 is 33.8 Å². The Hall–Kier alpha value is -3.43. The molecule has 2 aromatic carbocycles. The SMILES string of the molecule is COCC(ONC(=O)C(CNC(=O)OCC1c2ccccc2-c2ccccc21)CC(C)C)C(=O)O. The second kappa shape index (κ2) is 12.3. The summed E-state index contributed by atoms with van der Waals surface area (Å²) >= 11 is 0. The Bertz CT molecular complexity index is 994. The number of carboxylic acid groups (broad SMARTS) is 1. The molecule has 2 aromatic rings. The molecule has 0 heterocycles. The maximum absolute atomic E-state index is 12.6. The van der Waals surface area contributed by atoms with E-state index in [-0.39, 0.29) is 31.6 Å². The molecule has 3 rings (SSSR count). The number of carboxylic acids is 1. The molecular formula is C26H32N2O7. The van der Waals surface area contributed by atoms with Crippen LogP contribution in [0.2, 0.25) is 0 Å². The van der Waals surface area contributed by atoms with Gasteiger partial charge in [0.05, 0.1) is 12.5 Å². The highest BCUT2D eigenvalue weighted by atomic mass is 16.7. The molecule has 0 aromatic heterocycles. The van der Waals surface area contributed by atoms with Crippen LogP contribution in [-0.4, -0.2) is 56.0 Å². The van der Waals surface area contributed by atoms with Crippen molar-refractivity contribution in [1.29, 1.82) is 0 Å². The molecule has 0 saturated heterocycles. The predicted molar refractivity (Wildman–Crippen MR) is 129 cm³/mol. The van der Waals surface area contributed by atoms with Crippen molar-refractivity contribution in [2.75, 3.05) is 26.9 Å². The quantitative estimate of drug-likeness (QED) is 0.395. The smallest absolute Gasteiger partial charge is 0.407 e. The van der Waals surface area contributed by atoms with Crippen LogP contribution in [0.4, 0.5) is 4.79 Å². The van der Waals surface area contributed by atoms with Gasteiger partial charge in [0.2, 0.25) is 12.0 Å². The first-order valence-corrected chi connectivity index (χ1v) is 11.6. The number of carbonyl (C=O) groups is 3. The largest absolute Gasteiger partial charge is 0.479 e. The number of hydrogen-bond donors (Lipinski definition) is 3. The van der Waals surface area contributed by atoms with Gasteiger partial charge in [0.25, 0.3) is 0 Å². The highest BCUT2D eigenvalue weighted by Gasteiger charge is 2.29. The number of ether oxygens (including phenoxy) is 2. The average Bonchev–Trinajstić information content (AvgIpc) is 3.16. The molecule has 2 atom stereocenters. The zero-order chi connectivity index (χ0) is 25.4. The first-order valence-electron chi connectivity index (χ1n) is 11.6. The molecule has 0 spiro atoms. The van der Waals surface area contributed by atoms with E-state index in [0.717, 1.165) is 22.3 Å². The number of amides is 2. The Kier molecular flexibility index (Phi) is 9.22. The summed E-state index contributed by atoms with van der Waals surface area (Å²) in [5.74, 6) is -2.33. The summed E-state index contributed by atoms with van der Waals surface area (Å²) in [6.07, 6.45) is -1.50. The minimum atomic E-state index is -1.33. The number of rotatable bonds is 12. The van der Waals surface area contributed by atoms with Crippen LogP contribution in [0.5, 0.6) is 0 Å². The molecule has 2 unspecified atom stereocenters. The van der Waals surface area contributed by atoms with Crippen molar-refractivity contribution in [1.82, 2.24) is 10.8 Å². The van der Waals surface area contributed by atoms with Gasteiger partial charge in [-0.2, -0.15) is 0 Å². The molecule has 3 N–H and O–H groups in total. The molecule has 35 heavy (non-hydrogen) atoms. The molecule has 0 aliphatic heterocycles. The van der Waals surface area contributed by atoms with Gasteiger partial charge < -0.3 is 19.9 Å². The normalized spacial score (nSPS) is 14.1. The third-order valence-corrected chi connectivity index (χ3v) is 5.86. The van der Waals surface area contributed by atoms with E-state index in [4.69, 9.17) is 19.4 Å². The highest BCUT2D eigenvalue weighted by Crippen LogP contribution is 2.44. The second-order valence-electron chi connectivity index (χ2n) is 8.90. The van der Waals surface area contributed by atoms with Crippen molar-refractivity contribution in [2.45, 2.75) is 32.3 Å². The minimum Gasteiger partial charge on any atom is -0.479 e. The maximum Gasteiger partial charge on any atom is 0.407 e. The zero-order valence-corrected chi connectivity index (χ0v) is 20.2. The lowest BCUT2D eigenvalue weighted by Gasteiger charge is -2.21. The van der Waals surface area contributed by atoms with Crippen molar-refractivity contribution in [3.8, 4) is 11.1 Å². The third-order valence-electron chi connectivity index (χ3n) is 5.86. The van der Waals surface area contributed by atoms with E-state index in [9.17, 15) is 14.4 Å². The number of aliphatic carboxylic acids is 1. The van der Waals surface area contributed by atoms with Crippen LogP contribution in [0, 0.1) is 11.8 Å². The summed E-state index contributed by atoms with van der Waals surface area (Å²) in [6, 6.07) is 16.1. The van der Waals surface area contributed by atoms with E-state index in [0.29, 0.717) is 6.42 Å². The average molecular weight is 485 g/mol. The Morgan fingerprint density at radius 1 is 1.00 bits per heavy atom. The van der Waals surface area contributed by atoms with Gasteiger partial charge >= 0.3 is 12.1 Å². The molecule has 1 aliphatic rings. The summed E-state index contributed by atoms with van der Waals surface area (Å²) in [5, 5.41) is 11.8. The van der Waals surface area contributed by atoms with E-state index < -0.39 is 30.0 Å².